The van der Waals surface area contributed by atoms with Crippen LogP contribution in [0.2, 0.25) is 0 Å². The smallest absolute Gasteiger partial charge is 0.360 e. The number of hydrogen-bond acceptors (Lipinski definition) is 6. The van der Waals surface area contributed by atoms with Crippen LogP contribution in [0.25, 0.3) is 11.3 Å². The van der Waals surface area contributed by atoms with E-state index in [1.54, 1.807) is 15.6 Å². The van der Waals surface area contributed by atoms with Crippen molar-refractivity contribution < 1.29 is 9.53 Å². The monoisotopic (exact) mass is 309 g/mol. The van der Waals surface area contributed by atoms with E-state index in [4.69, 9.17) is 4.74 Å². The molecule has 2 rings (SSSR count). The molecule has 0 unspecified atom stereocenters. The van der Waals surface area contributed by atoms with Gasteiger partial charge in [0.25, 0.3) is 0 Å². The molecule has 0 amide bonds. The van der Waals surface area contributed by atoms with E-state index in [9.17, 15) is 4.79 Å². The van der Waals surface area contributed by atoms with Crippen molar-refractivity contribution in [1.82, 2.24) is 24.8 Å². The van der Waals surface area contributed by atoms with E-state index in [0.717, 1.165) is 23.5 Å². The second kappa shape index (κ2) is 7.26. The Morgan fingerprint density at radius 3 is 2.90 bits per heavy atom. The van der Waals surface area contributed by atoms with Crippen LogP contribution in [0.15, 0.2) is 12.4 Å². The van der Waals surface area contributed by atoms with Crippen molar-refractivity contribution in [2.45, 2.75) is 19.9 Å². The van der Waals surface area contributed by atoms with E-state index in [2.05, 4.69) is 22.3 Å². The summed E-state index contributed by atoms with van der Waals surface area (Å²) in [6.45, 7) is 2.85. The molecular weight excluding hydrogens is 290 g/mol. The molecule has 0 aliphatic carbocycles. The van der Waals surface area contributed by atoms with Gasteiger partial charge in [-0.25, -0.2) is 9.48 Å². The van der Waals surface area contributed by atoms with Crippen LogP contribution in [0.1, 0.15) is 23.8 Å². The second-order valence-corrected chi connectivity index (χ2v) is 5.85. The molecule has 0 N–H and O–H groups in total. The zero-order valence-corrected chi connectivity index (χ0v) is 13.3. The fourth-order valence-corrected chi connectivity index (χ4v) is 2.62. The maximum atomic E-state index is 11.8. The van der Waals surface area contributed by atoms with Crippen molar-refractivity contribution in [1.29, 1.82) is 0 Å². The lowest BCUT2D eigenvalue weighted by molar-refractivity contribution is 0.0595. The highest BCUT2D eigenvalue weighted by atomic mass is 32.2. The van der Waals surface area contributed by atoms with Crippen molar-refractivity contribution in [3.63, 3.8) is 0 Å². The highest BCUT2D eigenvalue weighted by Crippen LogP contribution is 2.22. The molecule has 8 heteroatoms. The van der Waals surface area contributed by atoms with Crippen molar-refractivity contribution >= 4 is 17.7 Å². The van der Waals surface area contributed by atoms with Gasteiger partial charge in [-0.2, -0.15) is 16.9 Å². The van der Waals surface area contributed by atoms with E-state index in [-0.39, 0.29) is 5.69 Å². The first-order valence-corrected chi connectivity index (χ1v) is 7.91. The number of methoxy groups -OCH3 is 1. The van der Waals surface area contributed by atoms with E-state index >= 15 is 0 Å². The first kappa shape index (κ1) is 15.6. The van der Waals surface area contributed by atoms with Gasteiger partial charge >= 0.3 is 5.97 Å². The molecule has 0 fully saturated rings. The zero-order valence-electron chi connectivity index (χ0n) is 12.4. The highest BCUT2D eigenvalue weighted by molar-refractivity contribution is 7.99. The summed E-state index contributed by atoms with van der Waals surface area (Å²) in [5, 5.41) is 12.2. The molecule has 0 saturated heterocycles. The topological polar surface area (TPSA) is 74.8 Å². The van der Waals surface area contributed by atoms with Gasteiger partial charge in [-0.1, -0.05) is 12.1 Å². The second-order valence-electron chi connectivity index (χ2n) is 4.45. The van der Waals surface area contributed by atoms with Crippen LogP contribution in [0, 0.1) is 0 Å². The summed E-state index contributed by atoms with van der Waals surface area (Å²) in [7, 11) is 3.17. The molecule has 2 aromatic rings. The number of aryl methyl sites for hydroxylation is 2. The van der Waals surface area contributed by atoms with Crippen LogP contribution < -0.4 is 0 Å². The molecule has 21 heavy (non-hydrogen) atoms. The molecule has 0 radical (unpaired) electrons. The van der Waals surface area contributed by atoms with E-state index < -0.39 is 5.97 Å². The molecule has 2 aromatic heterocycles. The molecule has 0 saturated carbocycles. The van der Waals surface area contributed by atoms with Crippen LogP contribution >= 0.6 is 11.8 Å². The summed E-state index contributed by atoms with van der Waals surface area (Å²) < 4.78 is 8.21. The Labute approximate surface area is 127 Å². The Hall–Kier alpha value is -1.83. The normalized spacial score (nSPS) is 10.8. The molecule has 0 aliphatic rings. The van der Waals surface area contributed by atoms with E-state index in [0.29, 0.717) is 12.2 Å². The Kier molecular flexibility index (Phi) is 5.38. The van der Waals surface area contributed by atoms with E-state index in [1.165, 1.54) is 7.11 Å². The predicted octanol–water partition coefficient (Wildman–Crippen LogP) is 1.61. The average Bonchev–Trinajstić information content (AvgIpc) is 3.08. The van der Waals surface area contributed by atoms with Crippen molar-refractivity contribution in [2.24, 2.45) is 7.05 Å². The lowest BCUT2D eigenvalue weighted by Gasteiger charge is -2.05. The molecule has 0 aromatic carbocycles. The first-order valence-electron chi connectivity index (χ1n) is 6.76. The minimum Gasteiger partial charge on any atom is -0.464 e. The average molecular weight is 309 g/mol. The van der Waals surface area contributed by atoms with Crippen molar-refractivity contribution in [3.8, 4) is 11.3 Å². The summed E-state index contributed by atoms with van der Waals surface area (Å²) in [6, 6.07) is 0. The summed E-state index contributed by atoms with van der Waals surface area (Å²) in [5.74, 6) is 1.67. The lowest BCUT2D eigenvalue weighted by Crippen LogP contribution is -2.07. The quantitative estimate of drug-likeness (QED) is 0.571. The maximum absolute atomic E-state index is 11.8. The molecule has 0 aliphatic heterocycles. The summed E-state index contributed by atoms with van der Waals surface area (Å²) in [4.78, 5) is 11.8. The van der Waals surface area contributed by atoms with Gasteiger partial charge in [-0.3, -0.25) is 4.68 Å². The zero-order chi connectivity index (χ0) is 15.2. The van der Waals surface area contributed by atoms with Gasteiger partial charge in [0, 0.05) is 25.4 Å². The summed E-state index contributed by atoms with van der Waals surface area (Å²) in [5.41, 5.74) is 1.70. The lowest BCUT2D eigenvalue weighted by atomic mass is 10.2. The molecule has 114 valence electrons. The van der Waals surface area contributed by atoms with Gasteiger partial charge in [0.2, 0.25) is 0 Å². The summed E-state index contributed by atoms with van der Waals surface area (Å²) >= 11 is 1.88. The number of thioether (sulfide) groups is 1. The van der Waals surface area contributed by atoms with Crippen molar-refractivity contribution in [2.75, 3.05) is 18.6 Å². The number of rotatable bonds is 7. The highest BCUT2D eigenvalue weighted by Gasteiger charge is 2.22. The van der Waals surface area contributed by atoms with Crippen LogP contribution in [0.5, 0.6) is 0 Å². The number of carbonyl (C=O) groups excluding carboxylic acids is 1. The number of esters is 1. The minimum absolute atomic E-state index is 0.230. The SMILES string of the molecule is CCSCCCn1nnc(C(=O)OC)c1-c1cnn(C)c1. The number of nitrogens with zero attached hydrogens (tertiary/aromatic N) is 5. The third-order valence-electron chi connectivity index (χ3n) is 2.95. The van der Waals surface area contributed by atoms with Crippen LogP contribution in [-0.2, 0) is 18.3 Å². The molecule has 0 spiro atoms. The van der Waals surface area contributed by atoms with Gasteiger partial charge < -0.3 is 4.74 Å². The fraction of sp³-hybridized carbons (Fsp3) is 0.538. The Morgan fingerprint density at radius 2 is 2.29 bits per heavy atom. The third kappa shape index (κ3) is 3.63. The maximum Gasteiger partial charge on any atom is 0.360 e. The van der Waals surface area contributed by atoms with Gasteiger partial charge in [0.05, 0.1) is 13.3 Å². The molecular formula is C13H19N5O2S. The largest absolute Gasteiger partial charge is 0.464 e. The Bertz CT molecular complexity index is 607. The number of ether oxygens (including phenoxy) is 1. The van der Waals surface area contributed by atoms with Gasteiger partial charge in [-0.15, -0.1) is 5.10 Å². The van der Waals surface area contributed by atoms with Crippen LogP contribution in [0.4, 0.5) is 0 Å². The molecule has 0 atom stereocenters. The molecule has 2 heterocycles. The minimum atomic E-state index is -0.483. The third-order valence-corrected chi connectivity index (χ3v) is 3.94. The number of hydrogen-bond donors (Lipinski definition) is 0. The Balaban J connectivity index is 2.28. The summed E-state index contributed by atoms with van der Waals surface area (Å²) in [6.07, 6.45) is 4.50. The first-order chi connectivity index (χ1) is 10.2. The van der Waals surface area contributed by atoms with E-state index in [1.807, 2.05) is 25.0 Å². The standard InChI is InChI=1S/C13H19N5O2S/c1-4-21-7-5-6-18-12(10-8-14-17(2)9-10)11(15-16-18)13(19)20-3/h8-9H,4-7H2,1-3H3. The van der Waals surface area contributed by atoms with Gasteiger partial charge in [0.15, 0.2) is 5.69 Å². The molecule has 7 nitrogen and oxygen atoms in total. The molecule has 0 bridgehead atoms. The predicted molar refractivity (Wildman–Crippen MR) is 81.2 cm³/mol. The van der Waals surface area contributed by atoms with Crippen LogP contribution in [0.3, 0.4) is 0 Å². The Morgan fingerprint density at radius 1 is 1.48 bits per heavy atom. The number of carbonyl (C=O) groups is 1. The number of aromatic nitrogens is 5. The van der Waals surface area contributed by atoms with Gasteiger partial charge in [0.1, 0.15) is 5.69 Å². The van der Waals surface area contributed by atoms with Crippen molar-refractivity contribution in [3.05, 3.63) is 18.1 Å². The fourth-order valence-electron chi connectivity index (χ4n) is 1.99. The van der Waals surface area contributed by atoms with Crippen LogP contribution in [-0.4, -0.2) is 49.4 Å². The van der Waals surface area contributed by atoms with Gasteiger partial charge in [-0.05, 0) is 17.9 Å².